The summed E-state index contributed by atoms with van der Waals surface area (Å²) in [6.07, 6.45) is -0.567. The molecule has 3 aromatic rings. The summed E-state index contributed by atoms with van der Waals surface area (Å²) >= 11 is 0. The molecule has 1 atom stereocenters. The first-order valence-electron chi connectivity index (χ1n) is 9.80. The number of anilines is 2. The molecule has 0 N–H and O–H groups in total. The number of fused-ring (bicyclic) bond motifs is 1. The lowest BCUT2D eigenvalue weighted by Gasteiger charge is -2.25. The van der Waals surface area contributed by atoms with Gasteiger partial charge in [-0.1, -0.05) is 36.4 Å². The monoisotopic (exact) mass is 386 g/mol. The number of rotatable bonds is 5. The first-order valence-corrected chi connectivity index (χ1v) is 9.80. The van der Waals surface area contributed by atoms with Gasteiger partial charge >= 0.3 is 0 Å². The maximum Gasteiger partial charge on any atom is 0.208 e. The summed E-state index contributed by atoms with van der Waals surface area (Å²) in [5, 5.41) is 0. The second-order valence-corrected chi connectivity index (χ2v) is 7.85. The zero-order valence-electron chi connectivity index (χ0n) is 17.3. The lowest BCUT2D eigenvalue weighted by molar-refractivity contribution is 0.0836. The molecule has 4 nitrogen and oxygen atoms in total. The fourth-order valence-electron chi connectivity index (χ4n) is 3.84. The number of nitrogens with zero attached hydrogens (tertiary/aromatic N) is 2. The van der Waals surface area contributed by atoms with Gasteiger partial charge < -0.3 is 14.5 Å². The number of ether oxygens (including phenoxy) is 1. The Balaban J connectivity index is 1.76. The van der Waals surface area contributed by atoms with Crippen molar-refractivity contribution < 1.29 is 9.53 Å². The number of hydrogen-bond acceptors (Lipinski definition) is 4. The maximum atomic E-state index is 13.2. The van der Waals surface area contributed by atoms with Crippen molar-refractivity contribution in [1.29, 1.82) is 0 Å². The second-order valence-electron chi connectivity index (χ2n) is 7.85. The van der Waals surface area contributed by atoms with Crippen molar-refractivity contribution in [2.24, 2.45) is 0 Å². The first kappa shape index (κ1) is 19.1. The molecular weight excluding hydrogens is 360 g/mol. The molecule has 1 heterocycles. The molecule has 29 heavy (non-hydrogen) atoms. The van der Waals surface area contributed by atoms with Crippen molar-refractivity contribution in [3.05, 3.63) is 89.5 Å². The van der Waals surface area contributed by atoms with E-state index in [9.17, 15) is 4.79 Å². The van der Waals surface area contributed by atoms with Crippen LogP contribution >= 0.6 is 0 Å². The third-order valence-electron chi connectivity index (χ3n) is 5.50. The Morgan fingerprint density at radius 1 is 0.724 bits per heavy atom. The van der Waals surface area contributed by atoms with Crippen LogP contribution in [0.3, 0.4) is 0 Å². The van der Waals surface area contributed by atoms with Crippen LogP contribution in [0.5, 0.6) is 5.75 Å². The smallest absolute Gasteiger partial charge is 0.208 e. The minimum atomic E-state index is -0.567. The molecule has 1 aliphatic rings. The van der Waals surface area contributed by atoms with Crippen molar-refractivity contribution in [2.75, 3.05) is 38.0 Å². The summed E-state index contributed by atoms with van der Waals surface area (Å²) in [5.74, 6) is 0.531. The van der Waals surface area contributed by atoms with E-state index < -0.39 is 6.10 Å². The minimum Gasteiger partial charge on any atom is -0.480 e. The van der Waals surface area contributed by atoms with Crippen molar-refractivity contribution >= 4 is 17.2 Å². The van der Waals surface area contributed by atoms with Crippen molar-refractivity contribution in [3.63, 3.8) is 0 Å². The van der Waals surface area contributed by atoms with Gasteiger partial charge in [0.1, 0.15) is 5.75 Å². The Hall–Kier alpha value is -3.27. The zero-order chi connectivity index (χ0) is 20.5. The summed E-state index contributed by atoms with van der Waals surface area (Å²) in [5.41, 5.74) is 5.05. The standard InChI is InChI=1S/C25H26N2O2/c1-26(2)19-13-9-17(10-14-19)23(18-11-15-20(16-12-18)27(3)4)25-24(28)21-7-5-6-8-22(21)29-25/h5-16,23,25H,1-4H3. The van der Waals surface area contributed by atoms with Gasteiger partial charge in [0.15, 0.2) is 6.10 Å². The quantitative estimate of drug-likeness (QED) is 0.642. The zero-order valence-corrected chi connectivity index (χ0v) is 17.3. The Labute approximate surface area is 172 Å². The van der Waals surface area contributed by atoms with E-state index >= 15 is 0 Å². The molecule has 0 fully saturated rings. The minimum absolute atomic E-state index is 0.0407. The van der Waals surface area contributed by atoms with Gasteiger partial charge in [0.2, 0.25) is 5.78 Å². The van der Waals surface area contributed by atoms with Gasteiger partial charge in [0, 0.05) is 39.6 Å². The molecule has 1 unspecified atom stereocenters. The molecular formula is C25H26N2O2. The van der Waals surface area contributed by atoms with Crippen LogP contribution in [0.2, 0.25) is 0 Å². The largest absolute Gasteiger partial charge is 0.480 e. The molecule has 0 radical (unpaired) electrons. The summed E-state index contributed by atoms with van der Waals surface area (Å²) in [6, 6.07) is 24.2. The van der Waals surface area contributed by atoms with Crippen LogP contribution in [-0.4, -0.2) is 40.1 Å². The fourth-order valence-corrected chi connectivity index (χ4v) is 3.84. The van der Waals surface area contributed by atoms with Gasteiger partial charge in [-0.15, -0.1) is 0 Å². The molecule has 0 amide bonds. The van der Waals surface area contributed by atoms with Gasteiger partial charge in [0.25, 0.3) is 0 Å². The van der Waals surface area contributed by atoms with Gasteiger partial charge in [0.05, 0.1) is 11.5 Å². The number of benzene rings is 3. The SMILES string of the molecule is CN(C)c1ccc(C(c2ccc(N(C)C)cc2)C2Oc3ccccc3C2=O)cc1. The highest BCUT2D eigenvalue weighted by Crippen LogP contribution is 2.39. The van der Waals surface area contributed by atoms with Gasteiger partial charge in [-0.2, -0.15) is 0 Å². The Bertz CT molecular complexity index is 956. The van der Waals surface area contributed by atoms with Crippen molar-refractivity contribution in [2.45, 2.75) is 12.0 Å². The van der Waals surface area contributed by atoms with Crippen LogP contribution in [0, 0.1) is 0 Å². The van der Waals surface area contributed by atoms with E-state index in [0.717, 1.165) is 22.5 Å². The first-order chi connectivity index (χ1) is 14.0. The predicted octanol–water partition coefficient (Wildman–Crippen LogP) is 4.59. The molecule has 0 saturated heterocycles. The summed E-state index contributed by atoms with van der Waals surface area (Å²) in [4.78, 5) is 17.3. The number of ketones is 1. The molecule has 0 bridgehead atoms. The normalized spacial score (nSPS) is 15.2. The van der Waals surface area contributed by atoms with E-state index in [-0.39, 0.29) is 11.7 Å². The van der Waals surface area contributed by atoms with Crippen LogP contribution in [0.25, 0.3) is 0 Å². The van der Waals surface area contributed by atoms with Crippen molar-refractivity contribution in [3.8, 4) is 5.75 Å². The van der Waals surface area contributed by atoms with E-state index in [4.69, 9.17) is 4.74 Å². The van der Waals surface area contributed by atoms with Crippen LogP contribution in [0.4, 0.5) is 11.4 Å². The number of hydrogen-bond donors (Lipinski definition) is 0. The Kier molecular flexibility index (Phi) is 5.01. The highest BCUT2D eigenvalue weighted by atomic mass is 16.5. The average molecular weight is 386 g/mol. The van der Waals surface area contributed by atoms with E-state index in [1.54, 1.807) is 0 Å². The maximum absolute atomic E-state index is 13.2. The molecule has 148 valence electrons. The summed E-state index contributed by atoms with van der Waals surface area (Å²) in [6.45, 7) is 0. The molecule has 3 aromatic carbocycles. The Morgan fingerprint density at radius 2 is 1.21 bits per heavy atom. The fraction of sp³-hybridized carbons (Fsp3) is 0.240. The summed E-state index contributed by atoms with van der Waals surface area (Å²) in [7, 11) is 8.08. The topological polar surface area (TPSA) is 32.8 Å². The van der Waals surface area contributed by atoms with Crippen LogP contribution in [0.15, 0.2) is 72.8 Å². The lowest BCUT2D eigenvalue weighted by Crippen LogP contribution is -2.29. The van der Waals surface area contributed by atoms with Crippen LogP contribution in [0.1, 0.15) is 27.4 Å². The highest BCUT2D eigenvalue weighted by molar-refractivity contribution is 6.05. The lowest BCUT2D eigenvalue weighted by atomic mass is 9.84. The summed E-state index contributed by atoms with van der Waals surface area (Å²) < 4.78 is 6.18. The van der Waals surface area contributed by atoms with Crippen molar-refractivity contribution in [1.82, 2.24) is 0 Å². The van der Waals surface area contributed by atoms with Gasteiger partial charge in [-0.3, -0.25) is 4.79 Å². The van der Waals surface area contributed by atoms with Gasteiger partial charge in [-0.05, 0) is 47.5 Å². The van der Waals surface area contributed by atoms with E-state index in [1.807, 2.05) is 52.5 Å². The molecule has 4 rings (SSSR count). The van der Waals surface area contributed by atoms with E-state index in [1.165, 1.54) is 0 Å². The molecule has 1 aliphatic heterocycles. The Morgan fingerprint density at radius 3 is 1.66 bits per heavy atom. The third kappa shape index (κ3) is 3.58. The van der Waals surface area contributed by atoms with Crippen LogP contribution in [-0.2, 0) is 0 Å². The molecule has 0 spiro atoms. The number of carbonyl (C=O) groups excluding carboxylic acids is 1. The highest BCUT2D eigenvalue weighted by Gasteiger charge is 2.39. The third-order valence-corrected chi connectivity index (χ3v) is 5.50. The van der Waals surface area contributed by atoms with Gasteiger partial charge in [-0.25, -0.2) is 0 Å². The molecule has 0 aromatic heterocycles. The average Bonchev–Trinajstić information content (AvgIpc) is 3.05. The molecule has 0 saturated carbocycles. The number of para-hydroxylation sites is 1. The molecule has 0 aliphatic carbocycles. The number of Topliss-reactive ketones (excluding diaryl/α,β-unsaturated/α-hetero) is 1. The van der Waals surface area contributed by atoms with E-state index in [0.29, 0.717) is 11.3 Å². The molecule has 4 heteroatoms. The number of carbonyl (C=O) groups is 1. The van der Waals surface area contributed by atoms with Crippen LogP contribution < -0.4 is 14.5 Å². The van der Waals surface area contributed by atoms with E-state index in [2.05, 4.69) is 58.3 Å². The predicted molar refractivity (Wildman–Crippen MR) is 119 cm³/mol. The second kappa shape index (κ2) is 7.63.